The van der Waals surface area contributed by atoms with Crippen molar-refractivity contribution in [2.75, 3.05) is 18.0 Å². The third-order valence-electron chi connectivity index (χ3n) is 3.81. The maximum absolute atomic E-state index is 8.69. The summed E-state index contributed by atoms with van der Waals surface area (Å²) in [6.07, 6.45) is 2.39. The van der Waals surface area contributed by atoms with Gasteiger partial charge in [-0.15, -0.1) is 0 Å². The van der Waals surface area contributed by atoms with E-state index in [2.05, 4.69) is 39.8 Å². The monoisotopic (exact) mass is 325 g/mol. The number of hydrogen-bond donors (Lipinski definition) is 2. The second-order valence-electron chi connectivity index (χ2n) is 5.80. The van der Waals surface area contributed by atoms with E-state index in [9.17, 15) is 0 Å². The van der Waals surface area contributed by atoms with Crippen molar-refractivity contribution in [2.24, 2.45) is 16.3 Å². The van der Waals surface area contributed by atoms with Gasteiger partial charge in [0.05, 0.1) is 5.69 Å². The number of anilines is 1. The highest BCUT2D eigenvalue weighted by atomic mass is 79.9. The van der Waals surface area contributed by atoms with E-state index in [4.69, 9.17) is 10.9 Å². The van der Waals surface area contributed by atoms with Crippen LogP contribution in [-0.4, -0.2) is 24.1 Å². The fraction of sp³-hybridized carbons (Fsp3) is 0.500. The fourth-order valence-corrected chi connectivity index (χ4v) is 2.96. The molecule has 0 aliphatic carbocycles. The first-order chi connectivity index (χ1) is 8.93. The molecule has 0 saturated carbocycles. The van der Waals surface area contributed by atoms with Crippen molar-refractivity contribution < 1.29 is 5.21 Å². The third kappa shape index (κ3) is 3.21. The van der Waals surface area contributed by atoms with Gasteiger partial charge in [-0.3, -0.25) is 0 Å². The molecule has 0 aromatic heterocycles. The van der Waals surface area contributed by atoms with Crippen molar-refractivity contribution >= 4 is 27.5 Å². The number of benzene rings is 1. The summed E-state index contributed by atoms with van der Waals surface area (Å²) in [7, 11) is 0. The van der Waals surface area contributed by atoms with E-state index in [1.165, 1.54) is 18.5 Å². The molecule has 1 fully saturated rings. The van der Waals surface area contributed by atoms with Gasteiger partial charge in [0.2, 0.25) is 0 Å². The maximum Gasteiger partial charge on any atom is 0.170 e. The van der Waals surface area contributed by atoms with Crippen molar-refractivity contribution in [1.29, 1.82) is 0 Å². The van der Waals surface area contributed by atoms with Crippen molar-refractivity contribution in [3.05, 3.63) is 28.2 Å². The van der Waals surface area contributed by atoms with Crippen LogP contribution in [0.5, 0.6) is 0 Å². The van der Waals surface area contributed by atoms with E-state index < -0.39 is 0 Å². The summed E-state index contributed by atoms with van der Waals surface area (Å²) >= 11 is 3.57. The molecular formula is C14H20BrN3O. The van der Waals surface area contributed by atoms with Crippen LogP contribution in [0.15, 0.2) is 27.8 Å². The Morgan fingerprint density at radius 3 is 2.53 bits per heavy atom. The number of rotatable bonds is 2. The van der Waals surface area contributed by atoms with E-state index in [1.54, 1.807) is 0 Å². The summed E-state index contributed by atoms with van der Waals surface area (Å²) in [5.41, 5.74) is 7.92. The highest BCUT2D eigenvalue weighted by molar-refractivity contribution is 9.10. The molecule has 0 spiro atoms. The molecule has 104 valence electrons. The van der Waals surface area contributed by atoms with Gasteiger partial charge in [0, 0.05) is 23.1 Å². The Kier molecular flexibility index (Phi) is 4.04. The van der Waals surface area contributed by atoms with Crippen LogP contribution in [0.2, 0.25) is 0 Å². The molecule has 5 heteroatoms. The first-order valence-electron chi connectivity index (χ1n) is 6.45. The molecule has 0 bridgehead atoms. The molecule has 1 aromatic rings. The van der Waals surface area contributed by atoms with Gasteiger partial charge in [-0.25, -0.2) is 0 Å². The van der Waals surface area contributed by atoms with Crippen LogP contribution < -0.4 is 10.6 Å². The zero-order valence-electron chi connectivity index (χ0n) is 11.4. The van der Waals surface area contributed by atoms with Gasteiger partial charge in [-0.05, 0) is 52.4 Å². The second-order valence-corrected chi connectivity index (χ2v) is 6.66. The van der Waals surface area contributed by atoms with Crippen LogP contribution in [0.1, 0.15) is 32.3 Å². The van der Waals surface area contributed by atoms with Crippen LogP contribution in [-0.2, 0) is 0 Å². The SMILES string of the molecule is CC1(C)CCN(c2ccc(/C(N)=N/O)cc2Br)CC1. The zero-order chi connectivity index (χ0) is 14.0. The molecule has 0 amide bonds. The number of nitrogens with two attached hydrogens (primary N) is 1. The number of hydrogen-bond acceptors (Lipinski definition) is 3. The van der Waals surface area contributed by atoms with Crippen molar-refractivity contribution in [3.8, 4) is 0 Å². The molecule has 1 heterocycles. The van der Waals surface area contributed by atoms with Crippen LogP contribution in [0.25, 0.3) is 0 Å². The number of piperidine rings is 1. The topological polar surface area (TPSA) is 61.8 Å². The minimum atomic E-state index is 0.132. The minimum absolute atomic E-state index is 0.132. The van der Waals surface area contributed by atoms with Gasteiger partial charge in [0.15, 0.2) is 5.84 Å². The van der Waals surface area contributed by atoms with Gasteiger partial charge in [-0.2, -0.15) is 0 Å². The normalized spacial score (nSPS) is 19.5. The molecule has 1 aliphatic rings. The van der Waals surface area contributed by atoms with Gasteiger partial charge in [-0.1, -0.05) is 19.0 Å². The molecule has 0 atom stereocenters. The first kappa shape index (κ1) is 14.2. The van der Waals surface area contributed by atoms with Crippen LogP contribution >= 0.6 is 15.9 Å². The predicted molar refractivity (Wildman–Crippen MR) is 81.9 cm³/mol. The average molecular weight is 326 g/mol. The van der Waals surface area contributed by atoms with Crippen LogP contribution in [0.4, 0.5) is 5.69 Å². The largest absolute Gasteiger partial charge is 0.409 e. The van der Waals surface area contributed by atoms with Crippen LogP contribution in [0.3, 0.4) is 0 Å². The lowest BCUT2D eigenvalue weighted by molar-refractivity contribution is 0.279. The Morgan fingerprint density at radius 2 is 2.00 bits per heavy atom. The van der Waals surface area contributed by atoms with Crippen molar-refractivity contribution in [3.63, 3.8) is 0 Å². The Balaban J connectivity index is 2.18. The quantitative estimate of drug-likeness (QED) is 0.380. The lowest BCUT2D eigenvalue weighted by Gasteiger charge is -2.38. The predicted octanol–water partition coefficient (Wildman–Crippen LogP) is 3.17. The fourth-order valence-electron chi connectivity index (χ4n) is 2.33. The lowest BCUT2D eigenvalue weighted by Crippen LogP contribution is -2.37. The molecule has 4 nitrogen and oxygen atoms in total. The summed E-state index contributed by atoms with van der Waals surface area (Å²) in [6, 6.07) is 5.80. The number of nitrogens with zero attached hydrogens (tertiary/aromatic N) is 2. The summed E-state index contributed by atoms with van der Waals surface area (Å²) in [5, 5.41) is 11.7. The van der Waals surface area contributed by atoms with E-state index in [-0.39, 0.29) is 5.84 Å². The van der Waals surface area contributed by atoms with E-state index in [0.29, 0.717) is 5.41 Å². The second kappa shape index (κ2) is 5.41. The Hall–Kier alpha value is -1.23. The van der Waals surface area contributed by atoms with Gasteiger partial charge >= 0.3 is 0 Å². The highest BCUT2D eigenvalue weighted by Crippen LogP contribution is 2.35. The summed E-state index contributed by atoms with van der Waals surface area (Å²) < 4.78 is 0.983. The van der Waals surface area contributed by atoms with Gasteiger partial charge in [0.1, 0.15) is 0 Å². The molecule has 1 aromatic carbocycles. The minimum Gasteiger partial charge on any atom is -0.409 e. The van der Waals surface area contributed by atoms with E-state index in [0.717, 1.165) is 23.1 Å². The van der Waals surface area contributed by atoms with Gasteiger partial charge < -0.3 is 15.8 Å². The number of amidine groups is 1. The molecular weight excluding hydrogens is 306 g/mol. The molecule has 0 unspecified atom stereocenters. The average Bonchev–Trinajstić information content (AvgIpc) is 2.38. The highest BCUT2D eigenvalue weighted by Gasteiger charge is 2.26. The molecule has 1 saturated heterocycles. The van der Waals surface area contributed by atoms with E-state index >= 15 is 0 Å². The zero-order valence-corrected chi connectivity index (χ0v) is 12.9. The Morgan fingerprint density at radius 1 is 1.37 bits per heavy atom. The smallest absolute Gasteiger partial charge is 0.170 e. The van der Waals surface area contributed by atoms with E-state index in [1.807, 2.05) is 18.2 Å². The molecule has 2 rings (SSSR count). The van der Waals surface area contributed by atoms with Crippen molar-refractivity contribution in [2.45, 2.75) is 26.7 Å². The summed E-state index contributed by atoms with van der Waals surface area (Å²) in [5.74, 6) is 0.132. The lowest BCUT2D eigenvalue weighted by atomic mass is 9.82. The molecule has 1 aliphatic heterocycles. The summed E-state index contributed by atoms with van der Waals surface area (Å²) in [6.45, 7) is 6.77. The van der Waals surface area contributed by atoms with Gasteiger partial charge in [0.25, 0.3) is 0 Å². The maximum atomic E-state index is 8.69. The molecule has 3 N–H and O–H groups in total. The summed E-state index contributed by atoms with van der Waals surface area (Å²) in [4.78, 5) is 2.38. The third-order valence-corrected chi connectivity index (χ3v) is 4.44. The first-order valence-corrected chi connectivity index (χ1v) is 7.25. The number of halogens is 1. The van der Waals surface area contributed by atoms with Crippen molar-refractivity contribution in [1.82, 2.24) is 0 Å². The Labute approximate surface area is 122 Å². The van der Waals surface area contributed by atoms with Crippen LogP contribution in [0, 0.1) is 5.41 Å². The molecule has 0 radical (unpaired) electrons. The Bertz CT molecular complexity index is 489. The standard InChI is InChI=1S/C14H20BrN3O/c1-14(2)5-7-18(8-6-14)12-4-3-10(9-11(12)15)13(16)17-19/h3-4,9,19H,5-8H2,1-2H3,(H2,16,17). The number of oxime groups is 1. The molecule has 19 heavy (non-hydrogen) atoms.